The van der Waals surface area contributed by atoms with Crippen LogP contribution in [0.25, 0.3) is 0 Å². The zero-order valence-corrected chi connectivity index (χ0v) is 16.6. The van der Waals surface area contributed by atoms with Gasteiger partial charge in [0.05, 0.1) is 28.9 Å². The standard InChI is InChI=1S/C19H19N5O4S/c1-12-20-13(10-29-12)9-24-17(27)16(26)23-7-5-19(18(23)21-24)4-6-22(11-19)15(25)14-3-2-8-28-14/h2-3,8,10H,4-7,9,11H2,1H3/t19-/m0/s1. The molecule has 1 spiro atoms. The Labute approximate surface area is 169 Å². The fourth-order valence-electron chi connectivity index (χ4n) is 4.30. The second-order valence-electron chi connectivity index (χ2n) is 7.59. The molecule has 29 heavy (non-hydrogen) atoms. The average Bonchev–Trinajstić information content (AvgIpc) is 3.49. The Morgan fingerprint density at radius 3 is 2.83 bits per heavy atom. The van der Waals surface area contributed by atoms with Gasteiger partial charge in [-0.05, 0) is 31.9 Å². The smallest absolute Gasteiger partial charge is 0.332 e. The van der Waals surface area contributed by atoms with Crippen molar-refractivity contribution in [1.29, 1.82) is 0 Å². The summed E-state index contributed by atoms with van der Waals surface area (Å²) in [5.74, 6) is 0.719. The third-order valence-electron chi connectivity index (χ3n) is 5.77. The monoisotopic (exact) mass is 413 g/mol. The number of carbonyl (C=O) groups is 1. The van der Waals surface area contributed by atoms with Gasteiger partial charge in [0.25, 0.3) is 5.91 Å². The van der Waals surface area contributed by atoms with E-state index in [1.165, 1.54) is 26.8 Å². The van der Waals surface area contributed by atoms with E-state index >= 15 is 0 Å². The van der Waals surface area contributed by atoms with Crippen LogP contribution in [0.4, 0.5) is 0 Å². The number of furan rings is 1. The molecule has 1 saturated heterocycles. The quantitative estimate of drug-likeness (QED) is 0.594. The Hall–Kier alpha value is -3.01. The maximum absolute atomic E-state index is 12.7. The van der Waals surface area contributed by atoms with E-state index in [4.69, 9.17) is 4.42 Å². The molecule has 5 rings (SSSR count). The lowest BCUT2D eigenvalue weighted by Crippen LogP contribution is -2.45. The van der Waals surface area contributed by atoms with Crippen LogP contribution in [0.1, 0.15) is 39.9 Å². The number of fused-ring (bicyclic) bond motifs is 2. The van der Waals surface area contributed by atoms with Crippen LogP contribution in [0.3, 0.4) is 0 Å². The molecule has 0 saturated carbocycles. The van der Waals surface area contributed by atoms with Crippen molar-refractivity contribution in [2.45, 2.75) is 38.3 Å². The molecule has 1 fully saturated rings. The average molecular weight is 413 g/mol. The highest BCUT2D eigenvalue weighted by Gasteiger charge is 2.48. The third-order valence-corrected chi connectivity index (χ3v) is 6.60. The molecule has 150 valence electrons. The van der Waals surface area contributed by atoms with E-state index in [9.17, 15) is 14.4 Å². The van der Waals surface area contributed by atoms with Gasteiger partial charge in [0, 0.05) is 25.0 Å². The number of thiazole rings is 1. The second kappa shape index (κ2) is 6.51. The molecule has 5 heterocycles. The summed E-state index contributed by atoms with van der Waals surface area (Å²) >= 11 is 1.49. The largest absolute Gasteiger partial charge is 0.459 e. The van der Waals surface area contributed by atoms with Gasteiger partial charge >= 0.3 is 11.1 Å². The summed E-state index contributed by atoms with van der Waals surface area (Å²) < 4.78 is 7.93. The summed E-state index contributed by atoms with van der Waals surface area (Å²) in [6.45, 7) is 3.50. The molecule has 9 nitrogen and oxygen atoms in total. The Morgan fingerprint density at radius 2 is 2.10 bits per heavy atom. The molecule has 3 aromatic heterocycles. The van der Waals surface area contributed by atoms with Gasteiger partial charge in [-0.2, -0.15) is 5.10 Å². The lowest BCUT2D eigenvalue weighted by molar-refractivity contribution is 0.0751. The van der Waals surface area contributed by atoms with Gasteiger partial charge in [-0.1, -0.05) is 0 Å². The number of nitrogens with zero attached hydrogens (tertiary/aromatic N) is 5. The SMILES string of the molecule is Cc1nc(Cn2nc3n(c(=O)c2=O)CC[C@]32CCN(C(=O)c3ccco3)C2)cs1. The van der Waals surface area contributed by atoms with Gasteiger partial charge < -0.3 is 9.32 Å². The predicted molar refractivity (Wildman–Crippen MR) is 104 cm³/mol. The summed E-state index contributed by atoms with van der Waals surface area (Å²) in [6, 6.07) is 3.33. The Kier molecular flexibility index (Phi) is 4.05. The highest BCUT2D eigenvalue weighted by atomic mass is 32.1. The number of carbonyl (C=O) groups excluding carboxylic acids is 1. The van der Waals surface area contributed by atoms with Crippen molar-refractivity contribution < 1.29 is 9.21 Å². The van der Waals surface area contributed by atoms with E-state index in [2.05, 4.69) is 10.1 Å². The van der Waals surface area contributed by atoms with E-state index in [0.717, 1.165) is 5.01 Å². The topological polar surface area (TPSA) is 103 Å². The van der Waals surface area contributed by atoms with Gasteiger partial charge in [0.2, 0.25) is 0 Å². The summed E-state index contributed by atoms with van der Waals surface area (Å²) in [5, 5.41) is 7.34. The van der Waals surface area contributed by atoms with Crippen LogP contribution in [0.2, 0.25) is 0 Å². The lowest BCUT2D eigenvalue weighted by atomic mass is 9.85. The fourth-order valence-corrected chi connectivity index (χ4v) is 4.91. The van der Waals surface area contributed by atoms with Crippen molar-refractivity contribution in [2.24, 2.45) is 0 Å². The van der Waals surface area contributed by atoms with E-state index in [1.54, 1.807) is 17.0 Å². The number of hydrogen-bond donors (Lipinski definition) is 0. The summed E-state index contributed by atoms with van der Waals surface area (Å²) in [7, 11) is 0. The zero-order chi connectivity index (χ0) is 20.2. The molecule has 1 amide bonds. The first-order valence-electron chi connectivity index (χ1n) is 9.43. The number of likely N-dealkylation sites (tertiary alicyclic amines) is 1. The first-order chi connectivity index (χ1) is 14.0. The van der Waals surface area contributed by atoms with Crippen molar-refractivity contribution in [3.8, 4) is 0 Å². The van der Waals surface area contributed by atoms with Crippen molar-refractivity contribution in [3.63, 3.8) is 0 Å². The minimum absolute atomic E-state index is 0.164. The van der Waals surface area contributed by atoms with Crippen LogP contribution in [-0.4, -0.2) is 43.2 Å². The van der Waals surface area contributed by atoms with Crippen LogP contribution < -0.4 is 11.1 Å². The number of amides is 1. The predicted octanol–water partition coefficient (Wildman–Crippen LogP) is 0.999. The first-order valence-corrected chi connectivity index (χ1v) is 10.3. The van der Waals surface area contributed by atoms with Crippen molar-refractivity contribution in [2.75, 3.05) is 13.1 Å². The van der Waals surface area contributed by atoms with Crippen molar-refractivity contribution in [3.05, 3.63) is 66.8 Å². The van der Waals surface area contributed by atoms with Crippen molar-refractivity contribution >= 4 is 17.2 Å². The maximum atomic E-state index is 12.7. The molecule has 0 unspecified atom stereocenters. The Bertz CT molecular complexity index is 1210. The van der Waals surface area contributed by atoms with Crippen LogP contribution in [0.5, 0.6) is 0 Å². The Balaban J connectivity index is 1.50. The molecule has 0 radical (unpaired) electrons. The van der Waals surface area contributed by atoms with Crippen LogP contribution in [0, 0.1) is 6.92 Å². The van der Waals surface area contributed by atoms with Gasteiger partial charge in [-0.3, -0.25) is 19.0 Å². The fraction of sp³-hybridized carbons (Fsp3) is 0.421. The van der Waals surface area contributed by atoms with E-state index in [-0.39, 0.29) is 12.5 Å². The van der Waals surface area contributed by atoms with E-state index < -0.39 is 16.5 Å². The summed E-state index contributed by atoms with van der Waals surface area (Å²) in [4.78, 5) is 44.0. The molecule has 2 aliphatic rings. The number of aryl methyl sites for hydroxylation is 1. The van der Waals surface area contributed by atoms with E-state index in [1.807, 2.05) is 12.3 Å². The summed E-state index contributed by atoms with van der Waals surface area (Å²) in [5.41, 5.74) is -0.915. The van der Waals surface area contributed by atoms with Gasteiger partial charge in [0.1, 0.15) is 5.82 Å². The number of hydrogen-bond acceptors (Lipinski definition) is 7. The molecular formula is C19H19N5O4S. The second-order valence-corrected chi connectivity index (χ2v) is 8.65. The molecule has 2 aliphatic heterocycles. The summed E-state index contributed by atoms with van der Waals surface area (Å²) in [6.07, 6.45) is 2.85. The Morgan fingerprint density at radius 1 is 1.28 bits per heavy atom. The highest BCUT2D eigenvalue weighted by molar-refractivity contribution is 7.09. The minimum atomic E-state index is -0.641. The van der Waals surface area contributed by atoms with Crippen LogP contribution in [-0.2, 0) is 18.5 Å². The number of aromatic nitrogens is 4. The number of rotatable bonds is 3. The molecule has 0 N–H and O–H groups in total. The van der Waals surface area contributed by atoms with Crippen molar-refractivity contribution in [1.82, 2.24) is 24.2 Å². The minimum Gasteiger partial charge on any atom is -0.459 e. The highest BCUT2D eigenvalue weighted by Crippen LogP contribution is 2.40. The molecule has 3 aromatic rings. The van der Waals surface area contributed by atoms with Crippen LogP contribution in [0.15, 0.2) is 37.8 Å². The van der Waals surface area contributed by atoms with Gasteiger partial charge in [0.15, 0.2) is 5.76 Å². The molecule has 0 aromatic carbocycles. The van der Waals surface area contributed by atoms with Gasteiger partial charge in [-0.15, -0.1) is 11.3 Å². The third kappa shape index (κ3) is 2.86. The van der Waals surface area contributed by atoms with Gasteiger partial charge in [-0.25, -0.2) is 9.67 Å². The molecular weight excluding hydrogens is 394 g/mol. The lowest BCUT2D eigenvalue weighted by Gasteiger charge is -2.23. The first kappa shape index (κ1) is 18.0. The molecule has 1 atom stereocenters. The normalized spacial score (nSPS) is 20.5. The maximum Gasteiger partial charge on any atom is 0.332 e. The molecule has 0 bridgehead atoms. The molecule has 0 aliphatic carbocycles. The van der Waals surface area contributed by atoms with Crippen LogP contribution >= 0.6 is 11.3 Å². The molecule has 10 heteroatoms. The van der Waals surface area contributed by atoms with E-state index in [0.29, 0.717) is 49.8 Å². The zero-order valence-electron chi connectivity index (χ0n) is 15.8.